The Balaban J connectivity index is 1.77. The van der Waals surface area contributed by atoms with Crippen molar-refractivity contribution in [1.82, 2.24) is 19.8 Å². The second-order valence-corrected chi connectivity index (χ2v) is 7.87. The molecule has 2 amide bonds. The van der Waals surface area contributed by atoms with Crippen molar-refractivity contribution in [2.45, 2.75) is 70.9 Å². The van der Waals surface area contributed by atoms with E-state index in [1.54, 1.807) is 0 Å². The topological polar surface area (TPSA) is 67.2 Å². The quantitative estimate of drug-likeness (QED) is 0.914. The number of nitrogens with one attached hydrogen (secondary N) is 1. The number of hydrogen-bond acceptors (Lipinski definition) is 3. The SMILES string of the molecule is CC(=O)NC1(C(=O)N2CCC[C@@H](n3ccnc3C)C2)CCC(C)CC1. The molecular weight excluding hydrogens is 316 g/mol. The van der Waals surface area contributed by atoms with Crippen LogP contribution in [0.4, 0.5) is 0 Å². The Morgan fingerprint density at radius 2 is 2.00 bits per heavy atom. The van der Waals surface area contributed by atoms with Gasteiger partial charge in [0, 0.05) is 32.4 Å². The van der Waals surface area contributed by atoms with Gasteiger partial charge < -0.3 is 14.8 Å². The highest BCUT2D eigenvalue weighted by atomic mass is 16.2. The summed E-state index contributed by atoms with van der Waals surface area (Å²) in [5.41, 5.74) is -0.704. The smallest absolute Gasteiger partial charge is 0.248 e. The van der Waals surface area contributed by atoms with Gasteiger partial charge in [-0.1, -0.05) is 6.92 Å². The lowest BCUT2D eigenvalue weighted by Crippen LogP contribution is -2.61. The van der Waals surface area contributed by atoms with E-state index >= 15 is 0 Å². The maximum atomic E-state index is 13.4. The normalized spacial score (nSPS) is 30.1. The van der Waals surface area contributed by atoms with E-state index in [0.717, 1.165) is 50.9 Å². The van der Waals surface area contributed by atoms with Crippen LogP contribution in [0.5, 0.6) is 0 Å². The first-order valence-electron chi connectivity index (χ1n) is 9.49. The number of imidazole rings is 1. The van der Waals surface area contributed by atoms with Gasteiger partial charge in [0.05, 0.1) is 6.04 Å². The highest BCUT2D eigenvalue weighted by Gasteiger charge is 2.45. The number of aryl methyl sites for hydroxylation is 1. The first kappa shape index (κ1) is 18.0. The molecule has 1 aromatic heterocycles. The molecule has 1 aliphatic carbocycles. The van der Waals surface area contributed by atoms with Crippen molar-refractivity contribution in [2.75, 3.05) is 13.1 Å². The fourth-order valence-electron chi connectivity index (χ4n) is 4.43. The van der Waals surface area contributed by atoms with E-state index in [0.29, 0.717) is 12.5 Å². The third-order valence-electron chi connectivity index (χ3n) is 5.89. The second kappa shape index (κ2) is 7.18. The zero-order chi connectivity index (χ0) is 18.0. The summed E-state index contributed by atoms with van der Waals surface area (Å²) in [6, 6.07) is 0.275. The number of amides is 2. The second-order valence-electron chi connectivity index (χ2n) is 7.87. The van der Waals surface area contributed by atoms with Gasteiger partial charge >= 0.3 is 0 Å². The van der Waals surface area contributed by atoms with Crippen LogP contribution in [-0.4, -0.2) is 44.9 Å². The largest absolute Gasteiger partial charge is 0.342 e. The van der Waals surface area contributed by atoms with Crippen molar-refractivity contribution in [3.63, 3.8) is 0 Å². The summed E-state index contributed by atoms with van der Waals surface area (Å²) in [4.78, 5) is 31.5. The molecule has 6 heteroatoms. The van der Waals surface area contributed by atoms with Crippen LogP contribution in [0.3, 0.4) is 0 Å². The molecule has 0 radical (unpaired) electrons. The van der Waals surface area contributed by atoms with Gasteiger partial charge in [0.2, 0.25) is 11.8 Å². The maximum Gasteiger partial charge on any atom is 0.248 e. The van der Waals surface area contributed by atoms with E-state index in [1.807, 2.05) is 24.2 Å². The maximum absolute atomic E-state index is 13.4. The molecule has 1 saturated heterocycles. The van der Waals surface area contributed by atoms with E-state index in [-0.39, 0.29) is 17.9 Å². The molecule has 1 aromatic rings. The summed E-state index contributed by atoms with van der Waals surface area (Å²) in [5.74, 6) is 1.61. The Hall–Kier alpha value is -1.85. The van der Waals surface area contributed by atoms with Crippen LogP contribution in [0.2, 0.25) is 0 Å². The molecule has 1 N–H and O–H groups in total. The molecule has 0 aromatic carbocycles. The summed E-state index contributed by atoms with van der Waals surface area (Å²) in [6.45, 7) is 7.22. The zero-order valence-electron chi connectivity index (χ0n) is 15.6. The molecule has 1 atom stereocenters. The lowest BCUT2D eigenvalue weighted by atomic mass is 9.76. The minimum absolute atomic E-state index is 0.108. The van der Waals surface area contributed by atoms with Gasteiger partial charge in [-0.2, -0.15) is 0 Å². The van der Waals surface area contributed by atoms with Crippen LogP contribution in [0, 0.1) is 12.8 Å². The van der Waals surface area contributed by atoms with Gasteiger partial charge in [-0.05, 0) is 51.4 Å². The van der Waals surface area contributed by atoms with Gasteiger partial charge in [0.15, 0.2) is 0 Å². The zero-order valence-corrected chi connectivity index (χ0v) is 15.6. The first-order valence-corrected chi connectivity index (χ1v) is 9.49. The van der Waals surface area contributed by atoms with Crippen LogP contribution in [0.15, 0.2) is 12.4 Å². The number of carbonyl (C=O) groups is 2. The molecule has 2 heterocycles. The lowest BCUT2D eigenvalue weighted by Gasteiger charge is -2.44. The van der Waals surface area contributed by atoms with E-state index in [2.05, 4.69) is 21.8 Å². The number of rotatable bonds is 3. The number of piperidine rings is 1. The van der Waals surface area contributed by atoms with Gasteiger partial charge in [-0.15, -0.1) is 0 Å². The molecule has 6 nitrogen and oxygen atoms in total. The summed E-state index contributed by atoms with van der Waals surface area (Å²) < 4.78 is 2.17. The van der Waals surface area contributed by atoms with E-state index in [1.165, 1.54) is 6.92 Å². The van der Waals surface area contributed by atoms with Crippen molar-refractivity contribution in [2.24, 2.45) is 5.92 Å². The molecular formula is C19H30N4O2. The van der Waals surface area contributed by atoms with Crippen molar-refractivity contribution < 1.29 is 9.59 Å². The Kier molecular flexibility index (Phi) is 5.16. The third-order valence-corrected chi connectivity index (χ3v) is 5.89. The van der Waals surface area contributed by atoms with Crippen LogP contribution in [0.1, 0.15) is 64.2 Å². The van der Waals surface area contributed by atoms with Crippen molar-refractivity contribution in [3.8, 4) is 0 Å². The van der Waals surface area contributed by atoms with Crippen LogP contribution in [0.25, 0.3) is 0 Å². The standard InChI is InChI=1S/C19H30N4O2/c1-14-6-8-19(9-7-14,21-16(3)24)18(25)22-11-4-5-17(13-22)23-12-10-20-15(23)2/h10,12,14,17H,4-9,11,13H2,1-3H3,(H,21,24)/t14?,17-,19?/m1/s1. The highest BCUT2D eigenvalue weighted by Crippen LogP contribution is 2.35. The fraction of sp³-hybridized carbons (Fsp3) is 0.737. The van der Waals surface area contributed by atoms with Gasteiger partial charge in [-0.3, -0.25) is 9.59 Å². The predicted octanol–water partition coefficient (Wildman–Crippen LogP) is 2.44. The summed E-state index contributed by atoms with van der Waals surface area (Å²) in [5, 5.41) is 3.02. The number of likely N-dealkylation sites (tertiary alicyclic amines) is 1. The molecule has 0 unspecified atom stereocenters. The molecule has 138 valence electrons. The van der Waals surface area contributed by atoms with Crippen LogP contribution >= 0.6 is 0 Å². The highest BCUT2D eigenvalue weighted by molar-refractivity contribution is 5.91. The average molecular weight is 346 g/mol. The molecule has 2 aliphatic rings. The monoisotopic (exact) mass is 346 g/mol. The summed E-state index contributed by atoms with van der Waals surface area (Å²) >= 11 is 0. The first-order chi connectivity index (χ1) is 11.9. The van der Waals surface area contributed by atoms with Crippen molar-refractivity contribution in [3.05, 3.63) is 18.2 Å². The third kappa shape index (κ3) is 3.72. The summed E-state index contributed by atoms with van der Waals surface area (Å²) in [6.07, 6.45) is 9.34. The number of nitrogens with zero attached hydrogens (tertiary/aromatic N) is 3. The fourth-order valence-corrected chi connectivity index (χ4v) is 4.43. The molecule has 1 saturated carbocycles. The van der Waals surface area contributed by atoms with E-state index < -0.39 is 5.54 Å². The average Bonchev–Trinajstić information content (AvgIpc) is 3.02. The number of aromatic nitrogens is 2. The van der Waals surface area contributed by atoms with Crippen LogP contribution in [-0.2, 0) is 9.59 Å². The molecule has 25 heavy (non-hydrogen) atoms. The molecule has 1 aliphatic heterocycles. The Morgan fingerprint density at radius 3 is 2.60 bits per heavy atom. The Bertz CT molecular complexity index is 631. The van der Waals surface area contributed by atoms with Crippen molar-refractivity contribution in [1.29, 1.82) is 0 Å². The van der Waals surface area contributed by atoms with E-state index in [4.69, 9.17) is 0 Å². The number of hydrogen-bond donors (Lipinski definition) is 1. The Morgan fingerprint density at radius 1 is 1.28 bits per heavy atom. The molecule has 0 bridgehead atoms. The van der Waals surface area contributed by atoms with Crippen molar-refractivity contribution >= 4 is 11.8 Å². The number of carbonyl (C=O) groups excluding carboxylic acids is 2. The molecule has 3 rings (SSSR count). The van der Waals surface area contributed by atoms with Gasteiger partial charge in [0.25, 0.3) is 0 Å². The van der Waals surface area contributed by atoms with E-state index in [9.17, 15) is 9.59 Å². The lowest BCUT2D eigenvalue weighted by molar-refractivity contribution is -0.145. The van der Waals surface area contributed by atoms with Crippen LogP contribution < -0.4 is 5.32 Å². The van der Waals surface area contributed by atoms with Gasteiger partial charge in [-0.25, -0.2) is 4.98 Å². The predicted molar refractivity (Wildman–Crippen MR) is 96.0 cm³/mol. The minimum Gasteiger partial charge on any atom is -0.342 e. The van der Waals surface area contributed by atoms with Gasteiger partial charge in [0.1, 0.15) is 11.4 Å². The molecule has 2 fully saturated rings. The Labute approximate surface area is 150 Å². The summed E-state index contributed by atoms with van der Waals surface area (Å²) in [7, 11) is 0. The molecule has 0 spiro atoms. The minimum atomic E-state index is -0.704.